The largest absolute Gasteiger partial charge is 0.465 e. The first-order valence-corrected chi connectivity index (χ1v) is 9.22. The summed E-state index contributed by atoms with van der Waals surface area (Å²) in [6.07, 6.45) is 0.657. The van der Waals surface area contributed by atoms with Crippen LogP contribution in [0.5, 0.6) is 0 Å². The number of hydrogen-bond donors (Lipinski definition) is 1. The van der Waals surface area contributed by atoms with E-state index in [4.69, 9.17) is 0 Å². The Kier molecular flexibility index (Phi) is 5.60. The second-order valence-corrected chi connectivity index (χ2v) is 7.63. The average molecular weight is 386 g/mol. The summed E-state index contributed by atoms with van der Waals surface area (Å²) in [5.41, 5.74) is 2.19. The van der Waals surface area contributed by atoms with Crippen molar-refractivity contribution in [3.8, 4) is 0 Å². The van der Waals surface area contributed by atoms with Crippen molar-refractivity contribution in [3.63, 3.8) is 0 Å². The van der Waals surface area contributed by atoms with Gasteiger partial charge in [-0.2, -0.15) is 0 Å². The van der Waals surface area contributed by atoms with E-state index in [0.29, 0.717) is 23.7 Å². The Morgan fingerprint density at radius 2 is 1.85 bits per heavy atom. The molecule has 0 aromatic heterocycles. The number of benzene rings is 2. The number of nitrogens with zero attached hydrogens (tertiary/aromatic N) is 1. The molecule has 1 saturated heterocycles. The van der Waals surface area contributed by atoms with Crippen LogP contribution in [0.15, 0.2) is 53.5 Å². The van der Waals surface area contributed by atoms with Gasteiger partial charge in [0.25, 0.3) is 0 Å². The second-order valence-electron chi connectivity index (χ2n) is 6.22. The minimum absolute atomic E-state index is 0.154. The number of esters is 1. The summed E-state index contributed by atoms with van der Waals surface area (Å²) in [7, 11) is 1.33. The van der Waals surface area contributed by atoms with Gasteiger partial charge in [-0.3, -0.25) is 9.79 Å². The molecular formula is C20H19FN2O3S. The fraction of sp³-hybridized carbons (Fsp3) is 0.250. The zero-order valence-electron chi connectivity index (χ0n) is 15.0. The first-order chi connectivity index (χ1) is 12.9. The van der Waals surface area contributed by atoms with E-state index in [1.54, 1.807) is 36.4 Å². The van der Waals surface area contributed by atoms with Crippen molar-refractivity contribution in [2.75, 3.05) is 13.7 Å². The number of carbonyl (C=O) groups is 2. The predicted octanol–water partition coefficient (Wildman–Crippen LogP) is 3.29. The molecule has 1 aliphatic rings. The lowest BCUT2D eigenvalue weighted by molar-refractivity contribution is -0.121. The van der Waals surface area contributed by atoms with Crippen molar-refractivity contribution < 1.29 is 18.7 Å². The Bertz CT molecular complexity index is 881. The Morgan fingerprint density at radius 1 is 1.19 bits per heavy atom. The minimum Gasteiger partial charge on any atom is -0.465 e. The Labute approximate surface area is 161 Å². The van der Waals surface area contributed by atoms with E-state index in [9.17, 15) is 14.0 Å². The van der Waals surface area contributed by atoms with Crippen LogP contribution in [0.3, 0.4) is 0 Å². The van der Waals surface area contributed by atoms with Gasteiger partial charge in [-0.05, 0) is 48.7 Å². The fourth-order valence-corrected chi connectivity index (χ4v) is 3.81. The van der Waals surface area contributed by atoms with Crippen LogP contribution in [0.4, 0.5) is 4.39 Å². The smallest absolute Gasteiger partial charge is 0.337 e. The van der Waals surface area contributed by atoms with Crippen molar-refractivity contribution in [3.05, 3.63) is 71.0 Å². The van der Waals surface area contributed by atoms with Gasteiger partial charge in [0.1, 0.15) is 10.6 Å². The molecule has 1 atom stereocenters. The van der Waals surface area contributed by atoms with Gasteiger partial charge in [0, 0.05) is 6.54 Å². The first-order valence-electron chi connectivity index (χ1n) is 8.40. The molecule has 3 rings (SSSR count). The predicted molar refractivity (Wildman–Crippen MR) is 103 cm³/mol. The molecule has 0 unspecified atom stereocenters. The molecule has 1 heterocycles. The van der Waals surface area contributed by atoms with Gasteiger partial charge >= 0.3 is 5.97 Å². The van der Waals surface area contributed by atoms with E-state index >= 15 is 0 Å². The molecule has 0 saturated carbocycles. The molecule has 2 aromatic carbocycles. The molecule has 7 heteroatoms. The van der Waals surface area contributed by atoms with Crippen molar-refractivity contribution >= 4 is 28.8 Å². The van der Waals surface area contributed by atoms with Gasteiger partial charge < -0.3 is 10.1 Å². The van der Waals surface area contributed by atoms with Crippen molar-refractivity contribution in [2.24, 2.45) is 4.99 Å². The van der Waals surface area contributed by atoms with Gasteiger partial charge in [0.2, 0.25) is 5.91 Å². The molecule has 140 valence electrons. The number of thioether (sulfide) groups is 1. The van der Waals surface area contributed by atoms with Crippen LogP contribution in [-0.2, 0) is 20.7 Å². The number of nitrogens with one attached hydrogen (secondary N) is 1. The molecule has 1 N–H and O–H groups in total. The highest BCUT2D eigenvalue weighted by Gasteiger charge is 2.44. The molecule has 1 aliphatic heterocycles. The van der Waals surface area contributed by atoms with Crippen LogP contribution in [0.25, 0.3) is 0 Å². The minimum atomic E-state index is -0.816. The lowest BCUT2D eigenvalue weighted by Crippen LogP contribution is -2.31. The zero-order chi connectivity index (χ0) is 19.4. The van der Waals surface area contributed by atoms with Gasteiger partial charge in [-0.15, -0.1) is 0 Å². The van der Waals surface area contributed by atoms with Crippen LogP contribution in [0.2, 0.25) is 0 Å². The summed E-state index contributed by atoms with van der Waals surface area (Å²) in [5.74, 6) is -0.838. The van der Waals surface area contributed by atoms with Crippen molar-refractivity contribution in [1.29, 1.82) is 0 Å². The molecular weight excluding hydrogens is 367 g/mol. The third-order valence-electron chi connectivity index (χ3n) is 4.38. The Morgan fingerprint density at radius 3 is 2.48 bits per heavy atom. The molecule has 2 aromatic rings. The molecule has 0 bridgehead atoms. The van der Waals surface area contributed by atoms with E-state index in [1.807, 2.05) is 6.92 Å². The third kappa shape index (κ3) is 4.19. The molecule has 27 heavy (non-hydrogen) atoms. The number of amidine groups is 1. The van der Waals surface area contributed by atoms with Crippen molar-refractivity contribution in [2.45, 2.75) is 18.1 Å². The number of methoxy groups -OCH3 is 1. The van der Waals surface area contributed by atoms with E-state index in [-0.39, 0.29) is 11.7 Å². The Hall–Kier alpha value is -2.67. The highest BCUT2D eigenvalue weighted by Crippen LogP contribution is 2.41. The fourth-order valence-electron chi connectivity index (χ4n) is 2.72. The van der Waals surface area contributed by atoms with Crippen LogP contribution >= 0.6 is 11.8 Å². The quantitative estimate of drug-likeness (QED) is 0.801. The standard InChI is InChI=1S/C20H19FN2O3S/c1-20(15-7-5-14(6-8-15)17(24)26-2)18(25)23-19(27-20)22-12-11-13-3-9-16(21)10-4-13/h3-10H,11-12H2,1-2H3,(H,22,23,25)/t20-/m0/s1. The first kappa shape index (κ1) is 19.1. The highest BCUT2D eigenvalue weighted by molar-refractivity contribution is 8.15. The molecule has 0 radical (unpaired) electrons. The topological polar surface area (TPSA) is 67.8 Å². The van der Waals surface area contributed by atoms with E-state index in [0.717, 1.165) is 11.1 Å². The van der Waals surface area contributed by atoms with E-state index < -0.39 is 10.7 Å². The number of carbonyl (C=O) groups excluding carboxylic acids is 2. The summed E-state index contributed by atoms with van der Waals surface area (Å²) in [4.78, 5) is 28.5. The summed E-state index contributed by atoms with van der Waals surface area (Å²) in [6.45, 7) is 2.31. The zero-order valence-corrected chi connectivity index (χ0v) is 15.8. The lowest BCUT2D eigenvalue weighted by Gasteiger charge is -2.19. The summed E-state index contributed by atoms with van der Waals surface area (Å²) >= 11 is 1.34. The third-order valence-corrected chi connectivity index (χ3v) is 5.63. The van der Waals surface area contributed by atoms with Crippen LogP contribution in [-0.4, -0.2) is 30.7 Å². The maximum absolute atomic E-state index is 12.9. The maximum atomic E-state index is 12.9. The number of rotatable bonds is 5. The number of ether oxygens (including phenoxy) is 1. The highest BCUT2D eigenvalue weighted by atomic mass is 32.2. The summed E-state index contributed by atoms with van der Waals surface area (Å²) in [6, 6.07) is 13.1. The van der Waals surface area contributed by atoms with Gasteiger partial charge in [-0.25, -0.2) is 9.18 Å². The number of hydrogen-bond acceptors (Lipinski definition) is 5. The van der Waals surface area contributed by atoms with Gasteiger partial charge in [0.05, 0.1) is 12.7 Å². The summed E-state index contributed by atoms with van der Waals surface area (Å²) in [5, 5.41) is 3.37. The SMILES string of the molecule is COC(=O)c1ccc([C@]2(C)SC(=NCCc3ccc(F)cc3)NC2=O)cc1. The Balaban J connectivity index is 1.68. The van der Waals surface area contributed by atoms with Crippen molar-refractivity contribution in [1.82, 2.24) is 5.32 Å². The maximum Gasteiger partial charge on any atom is 0.337 e. The van der Waals surface area contributed by atoms with Crippen LogP contribution in [0, 0.1) is 5.82 Å². The van der Waals surface area contributed by atoms with E-state index in [1.165, 1.54) is 31.0 Å². The summed E-state index contributed by atoms with van der Waals surface area (Å²) < 4.78 is 16.8. The lowest BCUT2D eigenvalue weighted by atomic mass is 9.98. The molecule has 1 fully saturated rings. The number of amides is 1. The van der Waals surface area contributed by atoms with Gasteiger partial charge in [0.15, 0.2) is 5.17 Å². The number of halogens is 1. The molecule has 0 aliphatic carbocycles. The average Bonchev–Trinajstić information content (AvgIpc) is 2.97. The monoisotopic (exact) mass is 386 g/mol. The van der Waals surface area contributed by atoms with Crippen LogP contribution in [0.1, 0.15) is 28.4 Å². The molecule has 5 nitrogen and oxygen atoms in total. The van der Waals surface area contributed by atoms with E-state index in [2.05, 4.69) is 15.0 Å². The van der Waals surface area contributed by atoms with Gasteiger partial charge in [-0.1, -0.05) is 36.0 Å². The second kappa shape index (κ2) is 7.92. The normalized spacial score (nSPS) is 20.6. The van der Waals surface area contributed by atoms with Crippen LogP contribution < -0.4 is 5.32 Å². The number of aliphatic imine (C=N–C) groups is 1. The molecule has 1 amide bonds. The molecule has 0 spiro atoms.